The molecule has 0 radical (unpaired) electrons. The lowest BCUT2D eigenvalue weighted by Crippen LogP contribution is -2.39. The molecule has 1 aliphatic rings. The van der Waals surface area contributed by atoms with Gasteiger partial charge in [0.05, 0.1) is 12.2 Å². The Labute approximate surface area is 123 Å². The second kappa shape index (κ2) is 6.91. The van der Waals surface area contributed by atoms with Crippen LogP contribution in [0.1, 0.15) is 31.4 Å². The third-order valence-corrected chi connectivity index (χ3v) is 3.98. The fourth-order valence-corrected chi connectivity index (χ4v) is 2.77. The summed E-state index contributed by atoms with van der Waals surface area (Å²) in [6.45, 7) is 3.31. The molecule has 2 rings (SSSR count). The quantitative estimate of drug-likeness (QED) is 0.897. The van der Waals surface area contributed by atoms with Crippen molar-refractivity contribution in [1.29, 1.82) is 0 Å². The van der Waals surface area contributed by atoms with Gasteiger partial charge in [-0.05, 0) is 38.0 Å². The number of halogens is 2. The molecule has 0 aromatic heterocycles. The monoisotopic (exact) mass is 303 g/mol. The molecule has 5 heteroatoms. The van der Waals surface area contributed by atoms with Crippen molar-refractivity contribution < 1.29 is 9.84 Å². The number of nitrogens with one attached hydrogen (secondary N) is 1. The molecular formula is C14H19Cl2NO2. The van der Waals surface area contributed by atoms with Crippen molar-refractivity contribution in [2.75, 3.05) is 13.2 Å². The number of aliphatic hydroxyl groups excluding tert-OH is 1. The SMILES string of the molecule is CC1CC(NCC(O)c2cc(Cl)ccc2Cl)CCO1. The molecule has 19 heavy (non-hydrogen) atoms. The zero-order valence-electron chi connectivity index (χ0n) is 10.9. The van der Waals surface area contributed by atoms with Gasteiger partial charge >= 0.3 is 0 Å². The predicted octanol–water partition coefficient (Wildman–Crippen LogP) is 3.18. The van der Waals surface area contributed by atoms with Crippen LogP contribution >= 0.6 is 23.2 Å². The summed E-state index contributed by atoms with van der Waals surface area (Å²) in [6, 6.07) is 5.52. The predicted molar refractivity (Wildman–Crippen MR) is 77.9 cm³/mol. The van der Waals surface area contributed by atoms with E-state index in [2.05, 4.69) is 12.2 Å². The molecular weight excluding hydrogens is 285 g/mol. The Balaban J connectivity index is 1.90. The van der Waals surface area contributed by atoms with Crippen molar-refractivity contribution in [3.8, 4) is 0 Å². The minimum absolute atomic E-state index is 0.276. The standard InChI is InChI=1S/C14H19Cl2NO2/c1-9-6-11(4-5-19-9)17-8-14(18)12-7-10(15)2-3-13(12)16/h2-3,7,9,11,14,17-18H,4-6,8H2,1H3. The smallest absolute Gasteiger partial charge is 0.0929 e. The van der Waals surface area contributed by atoms with Gasteiger partial charge in [-0.25, -0.2) is 0 Å². The third kappa shape index (κ3) is 4.33. The molecule has 2 N–H and O–H groups in total. The lowest BCUT2D eigenvalue weighted by Gasteiger charge is -2.29. The highest BCUT2D eigenvalue weighted by Crippen LogP contribution is 2.26. The lowest BCUT2D eigenvalue weighted by molar-refractivity contribution is 0.0110. The van der Waals surface area contributed by atoms with Crippen LogP contribution in [0, 0.1) is 0 Å². The van der Waals surface area contributed by atoms with Crippen LogP contribution in [0.15, 0.2) is 18.2 Å². The van der Waals surface area contributed by atoms with Gasteiger partial charge in [0.1, 0.15) is 0 Å². The van der Waals surface area contributed by atoms with E-state index in [1.54, 1.807) is 18.2 Å². The second-order valence-electron chi connectivity index (χ2n) is 4.99. The van der Waals surface area contributed by atoms with Gasteiger partial charge in [-0.2, -0.15) is 0 Å². The van der Waals surface area contributed by atoms with Crippen molar-refractivity contribution >= 4 is 23.2 Å². The molecule has 1 aromatic rings. The van der Waals surface area contributed by atoms with Gasteiger partial charge in [0.15, 0.2) is 0 Å². The van der Waals surface area contributed by atoms with E-state index in [0.717, 1.165) is 19.4 Å². The van der Waals surface area contributed by atoms with Crippen molar-refractivity contribution in [3.63, 3.8) is 0 Å². The van der Waals surface area contributed by atoms with Crippen LogP contribution in [-0.4, -0.2) is 30.4 Å². The van der Waals surface area contributed by atoms with E-state index in [4.69, 9.17) is 27.9 Å². The number of aliphatic hydroxyl groups is 1. The first-order valence-corrected chi connectivity index (χ1v) is 7.30. The summed E-state index contributed by atoms with van der Waals surface area (Å²) in [5.74, 6) is 0. The average Bonchev–Trinajstić information content (AvgIpc) is 2.39. The summed E-state index contributed by atoms with van der Waals surface area (Å²) >= 11 is 12.0. The maximum absolute atomic E-state index is 10.2. The number of hydrogen-bond acceptors (Lipinski definition) is 3. The fraction of sp³-hybridized carbons (Fsp3) is 0.571. The Kier molecular flexibility index (Phi) is 5.48. The van der Waals surface area contributed by atoms with Gasteiger partial charge < -0.3 is 15.2 Å². The van der Waals surface area contributed by atoms with Crippen LogP contribution in [0.3, 0.4) is 0 Å². The van der Waals surface area contributed by atoms with Gasteiger partial charge in [-0.15, -0.1) is 0 Å². The first kappa shape index (κ1) is 15.1. The van der Waals surface area contributed by atoms with Crippen molar-refractivity contribution in [1.82, 2.24) is 5.32 Å². The van der Waals surface area contributed by atoms with Crippen molar-refractivity contribution in [2.45, 2.75) is 38.0 Å². The van der Waals surface area contributed by atoms with Gasteiger partial charge in [0.2, 0.25) is 0 Å². The third-order valence-electron chi connectivity index (χ3n) is 3.40. The summed E-state index contributed by atoms with van der Waals surface area (Å²) in [4.78, 5) is 0. The highest BCUT2D eigenvalue weighted by Gasteiger charge is 2.20. The number of rotatable bonds is 4. The normalized spacial score (nSPS) is 25.3. The summed E-state index contributed by atoms with van der Waals surface area (Å²) in [5, 5.41) is 14.7. The Morgan fingerprint density at radius 2 is 2.26 bits per heavy atom. The molecule has 3 atom stereocenters. The molecule has 3 unspecified atom stereocenters. The van der Waals surface area contributed by atoms with E-state index in [-0.39, 0.29) is 6.10 Å². The highest BCUT2D eigenvalue weighted by molar-refractivity contribution is 6.33. The van der Waals surface area contributed by atoms with Gasteiger partial charge in [-0.3, -0.25) is 0 Å². The molecule has 0 aliphatic carbocycles. The number of benzene rings is 1. The number of ether oxygens (including phenoxy) is 1. The molecule has 1 aliphatic heterocycles. The summed E-state index contributed by atoms with van der Waals surface area (Å²) < 4.78 is 5.49. The molecule has 1 saturated heterocycles. The minimum atomic E-state index is -0.649. The largest absolute Gasteiger partial charge is 0.387 e. The Hall–Kier alpha value is -0.320. The first-order chi connectivity index (χ1) is 9.06. The molecule has 1 fully saturated rings. The average molecular weight is 304 g/mol. The Bertz CT molecular complexity index is 428. The highest BCUT2D eigenvalue weighted by atomic mass is 35.5. The van der Waals surface area contributed by atoms with Gasteiger partial charge in [-0.1, -0.05) is 23.2 Å². The zero-order chi connectivity index (χ0) is 13.8. The van der Waals surface area contributed by atoms with Crippen molar-refractivity contribution in [3.05, 3.63) is 33.8 Å². The van der Waals surface area contributed by atoms with E-state index >= 15 is 0 Å². The molecule has 0 spiro atoms. The van der Waals surface area contributed by atoms with Crippen LogP contribution in [0.2, 0.25) is 10.0 Å². The molecule has 0 saturated carbocycles. The molecule has 0 amide bonds. The Morgan fingerprint density at radius 3 is 3.00 bits per heavy atom. The van der Waals surface area contributed by atoms with Crippen LogP contribution in [0.25, 0.3) is 0 Å². The van der Waals surface area contributed by atoms with E-state index in [9.17, 15) is 5.11 Å². The maximum atomic E-state index is 10.2. The number of hydrogen-bond donors (Lipinski definition) is 2. The van der Waals surface area contributed by atoms with E-state index in [1.165, 1.54) is 0 Å². The van der Waals surface area contributed by atoms with Crippen molar-refractivity contribution in [2.24, 2.45) is 0 Å². The summed E-state index contributed by atoms with van der Waals surface area (Å²) in [6.07, 6.45) is 1.57. The fourth-order valence-electron chi connectivity index (χ4n) is 2.34. The molecule has 106 valence electrons. The maximum Gasteiger partial charge on any atom is 0.0929 e. The Morgan fingerprint density at radius 1 is 1.47 bits per heavy atom. The van der Waals surface area contributed by atoms with Crippen LogP contribution in [0.4, 0.5) is 0 Å². The molecule has 0 bridgehead atoms. The van der Waals surface area contributed by atoms with Gasteiger partial charge in [0.25, 0.3) is 0 Å². The second-order valence-corrected chi connectivity index (χ2v) is 5.84. The molecule has 1 heterocycles. The summed E-state index contributed by atoms with van der Waals surface area (Å²) in [5.41, 5.74) is 0.668. The molecule has 3 nitrogen and oxygen atoms in total. The zero-order valence-corrected chi connectivity index (χ0v) is 12.4. The topological polar surface area (TPSA) is 41.5 Å². The van der Waals surface area contributed by atoms with E-state index < -0.39 is 6.10 Å². The van der Waals surface area contributed by atoms with Gasteiger partial charge in [0, 0.05) is 34.8 Å². The van der Waals surface area contributed by atoms with E-state index in [0.29, 0.717) is 28.2 Å². The summed E-state index contributed by atoms with van der Waals surface area (Å²) in [7, 11) is 0. The van der Waals surface area contributed by atoms with Crippen LogP contribution < -0.4 is 5.32 Å². The van der Waals surface area contributed by atoms with E-state index in [1.807, 2.05) is 0 Å². The van der Waals surface area contributed by atoms with Crippen LogP contribution in [0.5, 0.6) is 0 Å². The van der Waals surface area contributed by atoms with Crippen LogP contribution in [-0.2, 0) is 4.74 Å². The minimum Gasteiger partial charge on any atom is -0.387 e. The molecule has 1 aromatic carbocycles. The lowest BCUT2D eigenvalue weighted by atomic mass is 10.0. The first-order valence-electron chi connectivity index (χ1n) is 6.54.